The van der Waals surface area contributed by atoms with E-state index in [0.29, 0.717) is 17.9 Å². The van der Waals surface area contributed by atoms with Crippen LogP contribution >= 0.6 is 0 Å². The number of hydrogen-bond donors (Lipinski definition) is 2. The van der Waals surface area contributed by atoms with E-state index in [9.17, 15) is 15.2 Å². The van der Waals surface area contributed by atoms with Crippen molar-refractivity contribution in [3.8, 4) is 5.75 Å². The number of methoxy groups -OCH3 is 1. The summed E-state index contributed by atoms with van der Waals surface area (Å²) in [5.74, 6) is 0.436. The number of nitrogens with zero attached hydrogens (tertiary/aromatic N) is 1. The predicted octanol–water partition coefficient (Wildman–Crippen LogP) is 2.17. The molecule has 1 aliphatic carbocycles. The zero-order valence-corrected chi connectivity index (χ0v) is 11.2. The minimum atomic E-state index is -0.455. The number of benzene rings is 1. The lowest BCUT2D eigenvalue weighted by Crippen LogP contribution is -2.56. The van der Waals surface area contributed by atoms with Gasteiger partial charge in [-0.05, 0) is 12.5 Å². The molecule has 0 saturated heterocycles. The van der Waals surface area contributed by atoms with Crippen LogP contribution in [0, 0.1) is 15.5 Å². The highest BCUT2D eigenvalue weighted by Gasteiger charge is 2.47. The summed E-state index contributed by atoms with van der Waals surface area (Å²) in [6.07, 6.45) is 0.335. The van der Waals surface area contributed by atoms with Gasteiger partial charge < -0.3 is 15.2 Å². The molecule has 0 heterocycles. The van der Waals surface area contributed by atoms with E-state index in [1.54, 1.807) is 6.07 Å². The molecule has 6 nitrogen and oxygen atoms in total. The first-order chi connectivity index (χ1) is 8.86. The van der Waals surface area contributed by atoms with Crippen LogP contribution in [0.3, 0.4) is 0 Å². The Hall–Kier alpha value is -1.82. The van der Waals surface area contributed by atoms with Crippen LogP contribution in [0.25, 0.3) is 0 Å². The summed E-state index contributed by atoms with van der Waals surface area (Å²) in [5, 5.41) is 23.7. The van der Waals surface area contributed by atoms with E-state index in [0.717, 1.165) is 0 Å². The van der Waals surface area contributed by atoms with Crippen LogP contribution in [-0.4, -0.2) is 29.3 Å². The maximum Gasteiger partial charge on any atom is 0.273 e. The van der Waals surface area contributed by atoms with Crippen molar-refractivity contribution in [1.82, 2.24) is 0 Å². The Morgan fingerprint density at radius 2 is 2.21 bits per heavy atom. The molecule has 1 aliphatic rings. The third-order valence-corrected chi connectivity index (χ3v) is 3.94. The molecule has 0 aromatic heterocycles. The van der Waals surface area contributed by atoms with Crippen LogP contribution in [0.2, 0.25) is 0 Å². The summed E-state index contributed by atoms with van der Waals surface area (Å²) >= 11 is 0. The fourth-order valence-electron chi connectivity index (χ4n) is 2.25. The second-order valence-corrected chi connectivity index (χ2v) is 5.41. The van der Waals surface area contributed by atoms with Crippen LogP contribution in [0.15, 0.2) is 18.2 Å². The van der Waals surface area contributed by atoms with Crippen molar-refractivity contribution in [3.05, 3.63) is 28.3 Å². The van der Waals surface area contributed by atoms with Gasteiger partial charge in [-0.2, -0.15) is 0 Å². The second kappa shape index (κ2) is 4.70. The van der Waals surface area contributed by atoms with Crippen molar-refractivity contribution in [2.24, 2.45) is 5.41 Å². The average Bonchev–Trinajstić information content (AvgIpc) is 2.38. The standard InChI is InChI=1S/C13H18N2O4/c1-13(2)11(7-12(13)16)14-9-5-4-8(15(17)18)6-10(9)19-3/h4-6,11-12,14,16H,7H2,1-3H3. The van der Waals surface area contributed by atoms with Gasteiger partial charge >= 0.3 is 0 Å². The van der Waals surface area contributed by atoms with Crippen molar-refractivity contribution in [2.45, 2.75) is 32.4 Å². The molecule has 2 unspecified atom stereocenters. The molecular formula is C13H18N2O4. The summed E-state index contributed by atoms with van der Waals surface area (Å²) in [4.78, 5) is 10.3. The van der Waals surface area contributed by atoms with Gasteiger partial charge in [-0.3, -0.25) is 10.1 Å². The summed E-state index contributed by atoms with van der Waals surface area (Å²) < 4.78 is 5.17. The van der Waals surface area contributed by atoms with Crippen LogP contribution in [0.5, 0.6) is 5.75 Å². The molecule has 0 spiro atoms. The van der Waals surface area contributed by atoms with Crippen LogP contribution in [0.4, 0.5) is 11.4 Å². The molecule has 1 aromatic rings. The lowest BCUT2D eigenvalue weighted by atomic mass is 9.64. The van der Waals surface area contributed by atoms with Gasteiger partial charge in [0.15, 0.2) is 0 Å². The fraction of sp³-hybridized carbons (Fsp3) is 0.538. The fourth-order valence-corrected chi connectivity index (χ4v) is 2.25. The van der Waals surface area contributed by atoms with Gasteiger partial charge in [-0.1, -0.05) is 13.8 Å². The lowest BCUT2D eigenvalue weighted by molar-refractivity contribution is -0.384. The Morgan fingerprint density at radius 3 is 2.68 bits per heavy atom. The number of rotatable bonds is 4. The summed E-state index contributed by atoms with van der Waals surface area (Å²) in [5.41, 5.74) is 0.487. The minimum Gasteiger partial charge on any atom is -0.494 e. The third kappa shape index (κ3) is 2.35. The lowest BCUT2D eigenvalue weighted by Gasteiger charge is -2.49. The zero-order chi connectivity index (χ0) is 14.2. The third-order valence-electron chi connectivity index (χ3n) is 3.94. The smallest absolute Gasteiger partial charge is 0.273 e. The van der Waals surface area contributed by atoms with Gasteiger partial charge in [0.1, 0.15) is 5.75 Å². The highest BCUT2D eigenvalue weighted by atomic mass is 16.6. The minimum absolute atomic E-state index is 0.00435. The number of aliphatic hydroxyl groups is 1. The number of non-ortho nitro benzene ring substituents is 1. The van der Waals surface area contributed by atoms with Gasteiger partial charge in [0.2, 0.25) is 0 Å². The number of anilines is 1. The number of ether oxygens (including phenoxy) is 1. The molecule has 1 aromatic carbocycles. The molecule has 0 amide bonds. The van der Waals surface area contributed by atoms with Gasteiger partial charge in [-0.15, -0.1) is 0 Å². The number of hydrogen-bond acceptors (Lipinski definition) is 5. The van der Waals surface area contributed by atoms with Gasteiger partial charge in [0.25, 0.3) is 5.69 Å². The quantitative estimate of drug-likeness (QED) is 0.644. The predicted molar refractivity (Wildman–Crippen MR) is 71.5 cm³/mol. The van der Waals surface area contributed by atoms with Gasteiger partial charge in [0.05, 0.1) is 29.9 Å². The molecule has 6 heteroatoms. The summed E-state index contributed by atoms with van der Waals surface area (Å²) in [7, 11) is 1.48. The largest absolute Gasteiger partial charge is 0.494 e. The van der Waals surface area contributed by atoms with Crippen LogP contribution in [-0.2, 0) is 0 Å². The number of aliphatic hydroxyl groups excluding tert-OH is 1. The van der Waals surface area contributed by atoms with E-state index >= 15 is 0 Å². The van der Waals surface area contributed by atoms with E-state index in [1.807, 2.05) is 13.8 Å². The molecule has 2 N–H and O–H groups in total. The molecule has 19 heavy (non-hydrogen) atoms. The maximum atomic E-state index is 10.7. The molecule has 1 fully saturated rings. The summed E-state index contributed by atoms with van der Waals surface area (Å²) in [6, 6.07) is 4.59. The highest BCUT2D eigenvalue weighted by Crippen LogP contribution is 2.43. The number of nitro benzene ring substituents is 1. The van der Waals surface area contributed by atoms with E-state index in [4.69, 9.17) is 4.74 Å². The van der Waals surface area contributed by atoms with E-state index in [1.165, 1.54) is 19.2 Å². The van der Waals surface area contributed by atoms with Gasteiger partial charge in [0, 0.05) is 17.5 Å². The molecule has 0 bridgehead atoms. The molecule has 0 aliphatic heterocycles. The topological polar surface area (TPSA) is 84.6 Å². The highest BCUT2D eigenvalue weighted by molar-refractivity contribution is 5.61. The molecule has 2 atom stereocenters. The second-order valence-electron chi connectivity index (χ2n) is 5.41. The van der Waals surface area contributed by atoms with Crippen molar-refractivity contribution >= 4 is 11.4 Å². The van der Waals surface area contributed by atoms with Gasteiger partial charge in [-0.25, -0.2) is 0 Å². The number of nitro groups is 1. The Morgan fingerprint density at radius 1 is 1.53 bits per heavy atom. The normalized spacial score (nSPS) is 24.4. The first-order valence-corrected chi connectivity index (χ1v) is 6.13. The monoisotopic (exact) mass is 266 g/mol. The number of nitrogens with one attached hydrogen (secondary N) is 1. The van der Waals surface area contributed by atoms with Crippen molar-refractivity contribution in [1.29, 1.82) is 0 Å². The first-order valence-electron chi connectivity index (χ1n) is 6.13. The van der Waals surface area contributed by atoms with Crippen molar-refractivity contribution < 1.29 is 14.8 Å². The Bertz CT molecular complexity index is 501. The summed E-state index contributed by atoms with van der Waals surface area (Å²) in [6.45, 7) is 3.97. The SMILES string of the molecule is COc1cc([N+](=O)[O-])ccc1NC1CC(O)C1(C)C. The average molecular weight is 266 g/mol. The molecule has 2 rings (SSSR count). The Kier molecular flexibility index (Phi) is 3.36. The van der Waals surface area contributed by atoms with Crippen LogP contribution in [0.1, 0.15) is 20.3 Å². The molecule has 104 valence electrons. The van der Waals surface area contributed by atoms with Crippen molar-refractivity contribution in [2.75, 3.05) is 12.4 Å². The molecule has 1 saturated carbocycles. The van der Waals surface area contributed by atoms with E-state index in [-0.39, 0.29) is 23.2 Å². The van der Waals surface area contributed by atoms with Crippen LogP contribution < -0.4 is 10.1 Å². The zero-order valence-electron chi connectivity index (χ0n) is 11.2. The van der Waals surface area contributed by atoms with E-state index < -0.39 is 4.92 Å². The Labute approximate surface area is 111 Å². The maximum absolute atomic E-state index is 10.7. The molecule has 0 radical (unpaired) electrons. The first kappa shape index (κ1) is 13.6. The van der Waals surface area contributed by atoms with E-state index in [2.05, 4.69) is 5.32 Å². The molecular weight excluding hydrogens is 248 g/mol. The Balaban J connectivity index is 2.19. The van der Waals surface area contributed by atoms with Crippen molar-refractivity contribution in [3.63, 3.8) is 0 Å².